The van der Waals surface area contributed by atoms with Gasteiger partial charge in [-0.3, -0.25) is 4.79 Å². The summed E-state index contributed by atoms with van der Waals surface area (Å²) in [6.45, 7) is 2.78. The van der Waals surface area contributed by atoms with E-state index in [0.29, 0.717) is 26.9 Å². The van der Waals surface area contributed by atoms with Crippen molar-refractivity contribution in [3.63, 3.8) is 0 Å². The summed E-state index contributed by atoms with van der Waals surface area (Å²) in [4.78, 5) is 15.1. The number of imidazole rings is 1. The number of carboxylic acid groups (broad SMARTS) is 1. The average Bonchev–Trinajstić information content (AvgIpc) is 2.74. The van der Waals surface area contributed by atoms with E-state index in [-0.39, 0.29) is 11.6 Å². The van der Waals surface area contributed by atoms with Crippen molar-refractivity contribution in [1.82, 2.24) is 9.55 Å². The molecule has 0 saturated heterocycles. The molecule has 1 N–H and O–H groups in total. The molecule has 0 aliphatic rings. The van der Waals surface area contributed by atoms with Crippen LogP contribution in [0.15, 0.2) is 21.8 Å². The Hall–Kier alpha value is -0.730. The zero-order chi connectivity index (χ0) is 15.6. The van der Waals surface area contributed by atoms with Crippen molar-refractivity contribution in [3.05, 3.63) is 22.4 Å². The van der Waals surface area contributed by atoms with Crippen LogP contribution in [0.1, 0.15) is 6.92 Å². The van der Waals surface area contributed by atoms with E-state index in [1.165, 1.54) is 6.07 Å². The van der Waals surface area contributed by atoms with Crippen molar-refractivity contribution in [2.24, 2.45) is 0 Å². The van der Waals surface area contributed by atoms with Gasteiger partial charge in [0.25, 0.3) is 0 Å². The number of nitrogens with zero attached hydrogens (tertiary/aromatic N) is 2. The van der Waals surface area contributed by atoms with E-state index in [0.717, 1.165) is 17.3 Å². The minimum atomic E-state index is -0.899. The van der Waals surface area contributed by atoms with Gasteiger partial charge in [-0.15, -0.1) is 0 Å². The van der Waals surface area contributed by atoms with Gasteiger partial charge in [0.05, 0.1) is 21.3 Å². The van der Waals surface area contributed by atoms with Gasteiger partial charge in [-0.05, 0) is 28.3 Å². The first-order chi connectivity index (χ1) is 9.92. The van der Waals surface area contributed by atoms with Crippen LogP contribution in [-0.4, -0.2) is 37.9 Å². The van der Waals surface area contributed by atoms with Crippen LogP contribution in [0, 0.1) is 5.82 Å². The van der Waals surface area contributed by atoms with Gasteiger partial charge in [-0.2, -0.15) is 11.8 Å². The average molecular weight is 393 g/mol. The monoisotopic (exact) mass is 392 g/mol. The van der Waals surface area contributed by atoms with Gasteiger partial charge in [-0.25, -0.2) is 9.37 Å². The van der Waals surface area contributed by atoms with E-state index in [1.807, 2.05) is 10.8 Å². The molecule has 2 rings (SSSR count). The molecule has 0 fully saturated rings. The number of rotatable bonds is 6. The first kappa shape index (κ1) is 16.6. The van der Waals surface area contributed by atoms with Gasteiger partial charge in [0.15, 0.2) is 5.16 Å². The summed E-state index contributed by atoms with van der Waals surface area (Å²) in [5, 5.41) is 9.77. The molecule has 1 aromatic carbocycles. The first-order valence-corrected chi connectivity index (χ1v) is 9.21. The Labute approximate surface area is 138 Å². The van der Waals surface area contributed by atoms with E-state index < -0.39 is 5.97 Å². The molecule has 0 saturated carbocycles. The lowest BCUT2D eigenvalue weighted by Gasteiger charge is -2.13. The first-order valence-electron chi connectivity index (χ1n) is 6.15. The van der Waals surface area contributed by atoms with Crippen molar-refractivity contribution in [2.75, 3.05) is 12.0 Å². The number of thioether (sulfide) groups is 2. The highest BCUT2D eigenvalue weighted by Gasteiger charge is 2.16. The van der Waals surface area contributed by atoms with Crippen LogP contribution < -0.4 is 0 Å². The highest BCUT2D eigenvalue weighted by atomic mass is 79.9. The predicted molar refractivity (Wildman–Crippen MR) is 88.7 cm³/mol. The van der Waals surface area contributed by atoms with Crippen LogP contribution in [0.4, 0.5) is 4.39 Å². The van der Waals surface area contributed by atoms with Gasteiger partial charge in [0, 0.05) is 17.9 Å². The molecule has 1 unspecified atom stereocenters. The fraction of sp³-hybridized carbons (Fsp3) is 0.385. The topological polar surface area (TPSA) is 55.1 Å². The Morgan fingerprint density at radius 2 is 2.29 bits per heavy atom. The molecule has 114 valence electrons. The van der Waals surface area contributed by atoms with Crippen LogP contribution in [0.3, 0.4) is 0 Å². The molecular weight excluding hydrogens is 379 g/mol. The molecule has 1 atom stereocenters. The second-order valence-electron chi connectivity index (χ2n) is 4.49. The van der Waals surface area contributed by atoms with Gasteiger partial charge >= 0.3 is 5.97 Å². The van der Waals surface area contributed by atoms with E-state index in [1.54, 1.807) is 17.8 Å². The van der Waals surface area contributed by atoms with Crippen LogP contribution in [0.2, 0.25) is 0 Å². The van der Waals surface area contributed by atoms with E-state index in [2.05, 4.69) is 27.8 Å². The van der Waals surface area contributed by atoms with Crippen molar-refractivity contribution in [1.29, 1.82) is 0 Å². The molecule has 21 heavy (non-hydrogen) atoms. The standard InChI is InChI=1S/C13H14BrFN2O2S2/c1-7(20-2)5-17-11-3-8(14)9(15)4-10(11)16-13(17)21-6-12(18)19/h3-4,7H,5-6H2,1-2H3,(H,18,19). The smallest absolute Gasteiger partial charge is 0.313 e. The Balaban J connectivity index is 2.48. The van der Waals surface area contributed by atoms with Crippen molar-refractivity contribution in [3.8, 4) is 0 Å². The predicted octanol–water partition coefficient (Wildman–Crippen LogP) is 3.87. The summed E-state index contributed by atoms with van der Waals surface area (Å²) in [6.07, 6.45) is 2.02. The third-order valence-corrected chi connectivity index (χ3v) is 5.44. The van der Waals surface area contributed by atoms with Crippen molar-refractivity contribution in [2.45, 2.75) is 23.9 Å². The highest BCUT2D eigenvalue weighted by Crippen LogP contribution is 2.29. The Bertz CT molecular complexity index is 678. The van der Waals surface area contributed by atoms with E-state index in [9.17, 15) is 9.18 Å². The summed E-state index contributed by atoms with van der Waals surface area (Å²) in [6, 6.07) is 3.06. The van der Waals surface area contributed by atoms with Crippen LogP contribution in [-0.2, 0) is 11.3 Å². The van der Waals surface area contributed by atoms with E-state index >= 15 is 0 Å². The molecule has 2 aromatic rings. The van der Waals surface area contributed by atoms with E-state index in [4.69, 9.17) is 5.11 Å². The van der Waals surface area contributed by atoms with Crippen LogP contribution in [0.25, 0.3) is 11.0 Å². The number of fused-ring (bicyclic) bond motifs is 1. The largest absolute Gasteiger partial charge is 0.481 e. The molecule has 0 spiro atoms. The molecule has 0 bridgehead atoms. The number of hydrogen-bond acceptors (Lipinski definition) is 4. The summed E-state index contributed by atoms with van der Waals surface area (Å²) in [7, 11) is 0. The number of benzene rings is 1. The summed E-state index contributed by atoms with van der Waals surface area (Å²) >= 11 is 6.05. The second kappa shape index (κ2) is 7.02. The molecule has 4 nitrogen and oxygen atoms in total. The molecule has 8 heteroatoms. The molecule has 0 radical (unpaired) electrons. The number of aliphatic carboxylic acids is 1. The number of carbonyl (C=O) groups is 1. The van der Waals surface area contributed by atoms with Gasteiger partial charge in [-0.1, -0.05) is 18.7 Å². The fourth-order valence-corrected chi connectivity index (χ4v) is 3.22. The second-order valence-corrected chi connectivity index (χ2v) is 7.56. The van der Waals surface area contributed by atoms with Gasteiger partial charge < -0.3 is 9.67 Å². The molecular formula is C13H14BrFN2O2S2. The van der Waals surface area contributed by atoms with Crippen molar-refractivity contribution >= 4 is 56.5 Å². The third kappa shape index (κ3) is 3.92. The lowest BCUT2D eigenvalue weighted by atomic mass is 10.3. The number of carboxylic acids is 1. The minimum absolute atomic E-state index is 0.0688. The van der Waals surface area contributed by atoms with Gasteiger partial charge in [0.2, 0.25) is 0 Å². The lowest BCUT2D eigenvalue weighted by Crippen LogP contribution is -2.11. The third-order valence-electron chi connectivity index (χ3n) is 2.92. The number of aromatic nitrogens is 2. The molecule has 1 aromatic heterocycles. The summed E-state index contributed by atoms with van der Waals surface area (Å²) in [5.41, 5.74) is 1.34. The maximum Gasteiger partial charge on any atom is 0.313 e. The minimum Gasteiger partial charge on any atom is -0.481 e. The highest BCUT2D eigenvalue weighted by molar-refractivity contribution is 9.10. The zero-order valence-electron chi connectivity index (χ0n) is 11.5. The Morgan fingerprint density at radius 3 is 2.90 bits per heavy atom. The maximum atomic E-state index is 13.6. The Morgan fingerprint density at radius 1 is 1.57 bits per heavy atom. The molecule has 0 amide bonds. The zero-order valence-corrected chi connectivity index (χ0v) is 14.7. The van der Waals surface area contributed by atoms with Crippen LogP contribution in [0.5, 0.6) is 0 Å². The quantitative estimate of drug-likeness (QED) is 0.756. The van der Waals surface area contributed by atoms with Gasteiger partial charge in [0.1, 0.15) is 5.82 Å². The number of halogens is 2. The fourth-order valence-electron chi connectivity index (χ4n) is 1.84. The lowest BCUT2D eigenvalue weighted by molar-refractivity contribution is -0.133. The molecule has 1 heterocycles. The number of hydrogen-bond donors (Lipinski definition) is 1. The Kier molecular flexibility index (Phi) is 5.56. The summed E-state index contributed by atoms with van der Waals surface area (Å²) in [5.74, 6) is -1.34. The molecule has 0 aliphatic heterocycles. The van der Waals surface area contributed by atoms with Crippen LogP contribution >= 0.6 is 39.5 Å². The van der Waals surface area contributed by atoms with Crippen molar-refractivity contribution < 1.29 is 14.3 Å². The maximum absolute atomic E-state index is 13.6. The SMILES string of the molecule is CSC(C)Cn1c(SCC(=O)O)nc2cc(F)c(Br)cc21. The molecule has 0 aliphatic carbocycles. The summed E-state index contributed by atoms with van der Waals surface area (Å²) < 4.78 is 16.0. The normalized spacial score (nSPS) is 12.8.